The molecule has 13 heteroatoms. The summed E-state index contributed by atoms with van der Waals surface area (Å²) in [7, 11) is -3.47. The summed E-state index contributed by atoms with van der Waals surface area (Å²) in [6.45, 7) is 3.50. The Morgan fingerprint density at radius 3 is 2.62 bits per heavy atom. The molecule has 0 radical (unpaired) electrons. The molecule has 3 aromatic heterocycles. The summed E-state index contributed by atoms with van der Waals surface area (Å²) in [5.41, 5.74) is 0.0762. The van der Waals surface area contributed by atoms with Gasteiger partial charge in [-0.05, 0) is 25.8 Å². The molecule has 172 valence electrons. The van der Waals surface area contributed by atoms with Crippen LogP contribution in [-0.4, -0.2) is 65.3 Å². The Balaban J connectivity index is 1.72. The summed E-state index contributed by atoms with van der Waals surface area (Å²) in [6.07, 6.45) is -1.14. The highest BCUT2D eigenvalue weighted by atomic mass is 32.2. The zero-order valence-corrected chi connectivity index (χ0v) is 18.2. The molecule has 3 aromatic rings. The number of nitrogens with zero attached hydrogens (tertiary/aromatic N) is 5. The van der Waals surface area contributed by atoms with Crippen LogP contribution in [0.4, 0.5) is 19.0 Å². The van der Waals surface area contributed by atoms with Crippen molar-refractivity contribution in [2.45, 2.75) is 36.7 Å². The number of hydrogen-bond donors (Lipinski definition) is 1. The van der Waals surface area contributed by atoms with E-state index in [-0.39, 0.29) is 17.4 Å². The minimum Gasteiger partial charge on any atom is -0.377 e. The number of sulfone groups is 1. The molecule has 1 saturated carbocycles. The molecule has 0 aromatic carbocycles. The number of rotatable bonds is 4. The molecule has 1 atom stereocenters. The molecule has 1 aliphatic heterocycles. The van der Waals surface area contributed by atoms with Crippen LogP contribution < -0.4 is 4.90 Å². The van der Waals surface area contributed by atoms with Gasteiger partial charge in [-0.25, -0.2) is 17.9 Å². The summed E-state index contributed by atoms with van der Waals surface area (Å²) in [4.78, 5) is 6.70. The predicted molar refractivity (Wildman–Crippen MR) is 109 cm³/mol. The summed E-state index contributed by atoms with van der Waals surface area (Å²) < 4.78 is 70.3. The molecule has 2 fully saturated rings. The predicted octanol–water partition coefficient (Wildman–Crippen LogP) is 2.40. The van der Waals surface area contributed by atoms with Crippen molar-refractivity contribution in [2.24, 2.45) is 0 Å². The monoisotopic (exact) mass is 470 g/mol. The number of nitrogens with one attached hydrogen (secondary N) is 1. The van der Waals surface area contributed by atoms with Gasteiger partial charge in [-0.2, -0.15) is 23.4 Å². The van der Waals surface area contributed by atoms with Crippen LogP contribution in [0.25, 0.3) is 16.9 Å². The molecular formula is C19H21F3N6O3S. The SMILES string of the molecule is C[C@@H]1COCCN1c1cc(C2(S(C)(=O)=O)CC2)n2ncc(-c3cc(C(F)(F)F)n[nH]3)c2n1. The molecule has 0 bridgehead atoms. The fourth-order valence-corrected chi connectivity index (χ4v) is 5.58. The molecule has 0 spiro atoms. The van der Waals surface area contributed by atoms with Gasteiger partial charge in [0, 0.05) is 18.9 Å². The van der Waals surface area contributed by atoms with Crippen molar-refractivity contribution in [2.75, 3.05) is 30.9 Å². The summed E-state index contributed by atoms with van der Waals surface area (Å²) in [6, 6.07) is 2.62. The van der Waals surface area contributed by atoms with Gasteiger partial charge in [0.15, 0.2) is 21.2 Å². The van der Waals surface area contributed by atoms with Crippen molar-refractivity contribution < 1.29 is 26.3 Å². The van der Waals surface area contributed by atoms with Crippen LogP contribution in [0, 0.1) is 0 Å². The molecule has 32 heavy (non-hydrogen) atoms. The number of hydrogen-bond acceptors (Lipinski definition) is 7. The first-order chi connectivity index (χ1) is 15.0. The molecule has 4 heterocycles. The zero-order chi connectivity index (χ0) is 22.9. The number of morpholine rings is 1. The molecule has 1 aliphatic carbocycles. The lowest BCUT2D eigenvalue weighted by Crippen LogP contribution is -2.44. The number of aromatic amines is 1. The van der Waals surface area contributed by atoms with Crippen LogP contribution in [0.2, 0.25) is 0 Å². The van der Waals surface area contributed by atoms with Crippen molar-refractivity contribution >= 4 is 21.3 Å². The van der Waals surface area contributed by atoms with Gasteiger partial charge in [-0.1, -0.05) is 0 Å². The number of alkyl halides is 3. The molecule has 9 nitrogen and oxygen atoms in total. The van der Waals surface area contributed by atoms with E-state index >= 15 is 0 Å². The Bertz CT molecular complexity index is 1300. The Labute approximate surface area is 181 Å². The Morgan fingerprint density at radius 2 is 2.03 bits per heavy atom. The second-order valence-electron chi connectivity index (χ2n) is 8.34. The maximum Gasteiger partial charge on any atom is 0.435 e. The van der Waals surface area contributed by atoms with Crippen molar-refractivity contribution in [3.8, 4) is 11.3 Å². The Morgan fingerprint density at radius 1 is 1.28 bits per heavy atom. The van der Waals surface area contributed by atoms with Gasteiger partial charge in [0.05, 0.1) is 42.4 Å². The van der Waals surface area contributed by atoms with Gasteiger partial charge < -0.3 is 9.64 Å². The Kier molecular flexibility index (Phi) is 4.58. The zero-order valence-electron chi connectivity index (χ0n) is 17.3. The van der Waals surface area contributed by atoms with E-state index < -0.39 is 26.5 Å². The second-order valence-corrected chi connectivity index (χ2v) is 10.7. The molecule has 5 rings (SSSR count). The quantitative estimate of drug-likeness (QED) is 0.624. The van der Waals surface area contributed by atoms with E-state index in [2.05, 4.69) is 20.3 Å². The molecular weight excluding hydrogens is 449 g/mol. The molecule has 2 aliphatic rings. The first kappa shape index (κ1) is 21.2. The lowest BCUT2D eigenvalue weighted by molar-refractivity contribution is -0.141. The first-order valence-electron chi connectivity index (χ1n) is 10.1. The average molecular weight is 470 g/mol. The van der Waals surface area contributed by atoms with E-state index in [9.17, 15) is 21.6 Å². The van der Waals surface area contributed by atoms with Gasteiger partial charge in [0.2, 0.25) is 0 Å². The second kappa shape index (κ2) is 6.91. The van der Waals surface area contributed by atoms with Gasteiger partial charge in [0.25, 0.3) is 0 Å². The van der Waals surface area contributed by atoms with Crippen LogP contribution in [0.1, 0.15) is 31.2 Å². The van der Waals surface area contributed by atoms with E-state index in [4.69, 9.17) is 4.74 Å². The van der Waals surface area contributed by atoms with E-state index in [1.165, 1.54) is 17.0 Å². The van der Waals surface area contributed by atoms with E-state index in [1.54, 1.807) is 6.07 Å². The number of anilines is 1. The minimum atomic E-state index is -4.60. The van der Waals surface area contributed by atoms with E-state index in [0.29, 0.717) is 49.7 Å². The van der Waals surface area contributed by atoms with Gasteiger partial charge in [-0.3, -0.25) is 5.10 Å². The van der Waals surface area contributed by atoms with Crippen LogP contribution in [-0.2, 0) is 25.5 Å². The average Bonchev–Trinajstić information content (AvgIpc) is 3.19. The topological polar surface area (TPSA) is 105 Å². The third-order valence-corrected chi connectivity index (χ3v) is 8.20. The maximum absolute atomic E-state index is 13.1. The third kappa shape index (κ3) is 3.25. The summed E-state index contributed by atoms with van der Waals surface area (Å²) in [5.74, 6) is 0.538. The van der Waals surface area contributed by atoms with E-state index in [1.807, 2.05) is 11.8 Å². The van der Waals surface area contributed by atoms with Crippen LogP contribution in [0.3, 0.4) is 0 Å². The number of H-pyrrole nitrogens is 1. The molecule has 0 amide bonds. The van der Waals surface area contributed by atoms with Crippen molar-refractivity contribution in [1.82, 2.24) is 24.8 Å². The fraction of sp³-hybridized carbons (Fsp3) is 0.526. The van der Waals surface area contributed by atoms with Crippen LogP contribution in [0.5, 0.6) is 0 Å². The van der Waals surface area contributed by atoms with Crippen molar-refractivity contribution in [3.63, 3.8) is 0 Å². The van der Waals surface area contributed by atoms with Gasteiger partial charge >= 0.3 is 6.18 Å². The largest absolute Gasteiger partial charge is 0.435 e. The van der Waals surface area contributed by atoms with Crippen LogP contribution >= 0.6 is 0 Å². The molecule has 0 unspecified atom stereocenters. The minimum absolute atomic E-state index is 0.00436. The van der Waals surface area contributed by atoms with Crippen molar-refractivity contribution in [3.05, 3.63) is 29.7 Å². The standard InChI is InChI=1S/C19H21F3N6O3S/c1-11-10-31-6-5-27(11)16-8-15(18(3-4-18)32(2,29)30)28-17(24-16)12(9-23-28)13-7-14(26-25-13)19(20,21)22/h7-9,11H,3-6,10H2,1-2H3,(H,25,26)/t11-/m1/s1. The Hall–Kier alpha value is -2.67. The number of aromatic nitrogens is 5. The van der Waals surface area contributed by atoms with Crippen molar-refractivity contribution in [1.29, 1.82) is 0 Å². The lowest BCUT2D eigenvalue weighted by Gasteiger charge is -2.34. The number of halogens is 3. The van der Waals surface area contributed by atoms with Crippen LogP contribution in [0.15, 0.2) is 18.3 Å². The van der Waals surface area contributed by atoms with E-state index in [0.717, 1.165) is 6.07 Å². The molecule has 1 saturated heterocycles. The number of ether oxygens (including phenoxy) is 1. The van der Waals surface area contributed by atoms with Gasteiger partial charge in [-0.15, -0.1) is 0 Å². The maximum atomic E-state index is 13.1. The highest BCUT2D eigenvalue weighted by Crippen LogP contribution is 2.53. The van der Waals surface area contributed by atoms with Gasteiger partial charge in [0.1, 0.15) is 10.6 Å². The summed E-state index contributed by atoms with van der Waals surface area (Å²) >= 11 is 0. The highest BCUT2D eigenvalue weighted by Gasteiger charge is 2.56. The third-order valence-electron chi connectivity index (χ3n) is 6.16. The summed E-state index contributed by atoms with van der Waals surface area (Å²) in [5, 5.41) is 10.1. The normalized spacial score (nSPS) is 21.3. The lowest BCUT2D eigenvalue weighted by atomic mass is 10.2. The number of fused-ring (bicyclic) bond motifs is 1. The fourth-order valence-electron chi connectivity index (χ4n) is 4.21. The smallest absolute Gasteiger partial charge is 0.377 e. The molecule has 1 N–H and O–H groups in total. The highest BCUT2D eigenvalue weighted by molar-refractivity contribution is 7.91. The first-order valence-corrected chi connectivity index (χ1v) is 12.0.